The second-order valence-electron chi connectivity index (χ2n) is 24.2. The van der Waals surface area contributed by atoms with Gasteiger partial charge in [-0.05, 0) is 48.5 Å². The van der Waals surface area contributed by atoms with Gasteiger partial charge in [0, 0.05) is 11.2 Å². The van der Waals surface area contributed by atoms with Crippen molar-refractivity contribution in [3.63, 3.8) is 0 Å². The second kappa shape index (κ2) is 54.8. The van der Waals surface area contributed by atoms with E-state index in [-0.39, 0.29) is 11.1 Å². The molecule has 0 heterocycles. The quantitative estimate of drug-likeness (QED) is 0.0391. The first kappa shape index (κ1) is 76.5. The molecule has 0 atom stereocenters. The minimum atomic E-state index is -1.48. The van der Waals surface area contributed by atoms with E-state index in [1.54, 1.807) is 62.1 Å². The molecule has 0 spiro atoms. The van der Waals surface area contributed by atoms with Crippen LogP contribution < -0.4 is 0 Å². The summed E-state index contributed by atoms with van der Waals surface area (Å²) >= 11 is -1.48. The van der Waals surface area contributed by atoms with Crippen molar-refractivity contribution in [2.75, 3.05) is 49.3 Å². The Kier molecular flexibility index (Phi) is 53.8. The smallest absolute Gasteiger partial charge is 0.335 e. The minimum absolute atomic E-state index is 0.118. The van der Waals surface area contributed by atoms with E-state index >= 15 is 0 Å². The second-order valence-corrected chi connectivity index (χ2v) is 35.7. The van der Waals surface area contributed by atoms with Crippen molar-refractivity contribution in [1.82, 2.24) is 0 Å². The summed E-state index contributed by atoms with van der Waals surface area (Å²) in [5, 5.41) is 17.6. The Morgan fingerprint density at radius 3 is 0.641 bits per heavy atom. The van der Waals surface area contributed by atoms with Crippen LogP contribution in [0.1, 0.15) is 333 Å². The van der Waals surface area contributed by atoms with E-state index in [9.17, 15) is 14.1 Å². The van der Waals surface area contributed by atoms with Gasteiger partial charge in [0.25, 0.3) is 0 Å². The molecule has 0 aliphatic carbocycles. The van der Waals surface area contributed by atoms with Crippen LogP contribution in [0.15, 0.2) is 58.3 Å². The van der Waals surface area contributed by atoms with Crippen LogP contribution in [-0.4, -0.2) is 76.0 Å². The number of hydrogen-bond acceptors (Lipinski definition) is 3. The number of rotatable bonds is 52. The largest absolute Gasteiger partial charge is 0.606 e. The first-order valence-electron chi connectivity index (χ1n) is 34.1. The average Bonchev–Trinajstić information content (AvgIpc) is 3.46. The maximum Gasteiger partial charge on any atom is 0.335 e. The van der Waals surface area contributed by atoms with Gasteiger partial charge < -0.3 is 14.8 Å². The fourth-order valence-electron chi connectivity index (χ4n) is 11.8. The molecule has 0 amide bonds. The Bertz CT molecular complexity index is 1440. The molecule has 2 N–H and O–H groups in total. The van der Waals surface area contributed by atoms with Gasteiger partial charge in [-0.2, -0.15) is 0 Å². The van der Waals surface area contributed by atoms with Crippen LogP contribution in [0, 0.1) is 0 Å². The van der Waals surface area contributed by atoms with Crippen molar-refractivity contribution in [2.45, 2.75) is 322 Å². The van der Waals surface area contributed by atoms with Gasteiger partial charge in [0.1, 0.15) is 0 Å². The van der Waals surface area contributed by atoms with Crippen LogP contribution in [0.4, 0.5) is 0 Å². The van der Waals surface area contributed by atoms with Crippen molar-refractivity contribution in [3.05, 3.63) is 59.7 Å². The van der Waals surface area contributed by atoms with Crippen LogP contribution in [-0.2, 0) is 11.2 Å². The van der Waals surface area contributed by atoms with Crippen LogP contribution in [0.25, 0.3) is 0 Å². The van der Waals surface area contributed by atoms with E-state index in [0.717, 1.165) is 0 Å². The van der Waals surface area contributed by atoms with Crippen molar-refractivity contribution in [2.24, 2.45) is 0 Å². The summed E-state index contributed by atoms with van der Waals surface area (Å²) in [5.74, 6) is -2.10. The molecule has 0 bridgehead atoms. The minimum Gasteiger partial charge on any atom is -0.606 e. The standard InChI is InChI=1S/2C28H61P.C14H10O5S/c2*1-5-9-13-14-15-16-17-18-19-20-21-22-23-24-28-29(25-10-6-2,26-11-7-3)27-12-8-4;15-13(16)9-1-5-11(6-2-9)20(19)12-7-3-10(4-8-12)14(17)18/h2*29H,5-28H2,1-4H3;1-8H,(H,15,16)(H,17,18). The molecule has 2 aromatic rings. The van der Waals surface area contributed by atoms with E-state index in [1.165, 1.54) is 293 Å². The Balaban J connectivity index is 0.00000116. The summed E-state index contributed by atoms with van der Waals surface area (Å²) < 4.78 is 12.2. The number of carboxylic acids is 2. The molecule has 0 fully saturated rings. The zero-order valence-electron chi connectivity index (χ0n) is 53.1. The van der Waals surface area contributed by atoms with E-state index < -0.39 is 37.6 Å². The first-order chi connectivity index (χ1) is 38.0. The predicted octanol–water partition coefficient (Wildman–Crippen LogP) is 23.5. The molecule has 0 aliphatic rings. The van der Waals surface area contributed by atoms with Crippen LogP contribution in [0.5, 0.6) is 0 Å². The van der Waals surface area contributed by atoms with Crippen LogP contribution in [0.2, 0.25) is 0 Å². The fraction of sp³-hybridized carbons (Fsp3) is 0.800. The fourth-order valence-corrected chi connectivity index (χ4v) is 24.4. The van der Waals surface area contributed by atoms with Gasteiger partial charge >= 0.3 is 336 Å². The molecule has 78 heavy (non-hydrogen) atoms. The van der Waals surface area contributed by atoms with Crippen LogP contribution in [0.3, 0.4) is 0 Å². The van der Waals surface area contributed by atoms with Gasteiger partial charge in [-0.15, -0.1) is 0 Å². The van der Waals surface area contributed by atoms with Gasteiger partial charge in [-0.3, -0.25) is 0 Å². The number of aromatic carboxylic acids is 2. The van der Waals surface area contributed by atoms with E-state index in [4.69, 9.17) is 10.2 Å². The first-order valence-corrected chi connectivity index (χ1v) is 40.9. The van der Waals surface area contributed by atoms with E-state index in [1.807, 2.05) is 0 Å². The normalized spacial score (nSPS) is 12.0. The van der Waals surface area contributed by atoms with Crippen molar-refractivity contribution in [1.29, 1.82) is 0 Å². The number of carbonyl (C=O) groups is 2. The summed E-state index contributed by atoms with van der Waals surface area (Å²) in [7, 11) is -1.92. The molecule has 2 rings (SSSR count). The maximum absolute atomic E-state index is 12.2. The van der Waals surface area contributed by atoms with Gasteiger partial charge in [0.15, 0.2) is 9.79 Å². The molecule has 0 saturated heterocycles. The number of hydrogen-bond donors (Lipinski definition) is 2. The summed E-state index contributed by atoms with van der Waals surface area (Å²) in [6.07, 6.45) is 72.3. The monoisotopic (exact) mass is 1150 g/mol. The molecular formula is C70H132O5P2S. The summed E-state index contributed by atoms with van der Waals surface area (Å²) in [5.41, 5.74) is 0.235. The molecule has 0 aromatic heterocycles. The molecule has 5 nitrogen and oxygen atoms in total. The number of unbranched alkanes of at least 4 members (excludes halogenated alkanes) is 32. The number of benzene rings is 2. The van der Waals surface area contributed by atoms with Gasteiger partial charge in [0.05, 0.1) is 11.1 Å². The topological polar surface area (TPSA) is 97.7 Å². The summed E-state index contributed by atoms with van der Waals surface area (Å²) in [4.78, 5) is 22.4. The average molecular weight is 1150 g/mol. The van der Waals surface area contributed by atoms with Gasteiger partial charge in [-0.1, -0.05) is 52.4 Å². The molecule has 2 aromatic carbocycles. The zero-order valence-corrected chi connectivity index (χ0v) is 55.9. The van der Waals surface area contributed by atoms with E-state index in [2.05, 4.69) is 55.4 Å². The molecule has 0 unspecified atom stereocenters. The van der Waals surface area contributed by atoms with E-state index in [0.29, 0.717) is 9.79 Å². The van der Waals surface area contributed by atoms with Gasteiger partial charge in [0.2, 0.25) is 0 Å². The molecule has 458 valence electrons. The third-order valence-corrected chi connectivity index (χ3v) is 29.8. The predicted molar refractivity (Wildman–Crippen MR) is 357 cm³/mol. The Morgan fingerprint density at radius 1 is 0.295 bits per heavy atom. The molecular weight excluding hydrogens is 1010 g/mol. The van der Waals surface area contributed by atoms with Crippen molar-refractivity contribution < 1.29 is 24.4 Å². The van der Waals surface area contributed by atoms with Crippen molar-refractivity contribution in [3.8, 4) is 0 Å². The Hall–Kier alpha value is -1.45. The Morgan fingerprint density at radius 2 is 0.462 bits per heavy atom. The summed E-state index contributed by atoms with van der Waals surface area (Å²) in [6.45, 7) is 19.0. The zero-order chi connectivity index (χ0) is 57.6. The Labute approximate surface area is 490 Å². The van der Waals surface area contributed by atoms with Gasteiger partial charge in [-0.25, -0.2) is 9.59 Å². The third kappa shape index (κ3) is 41.5. The number of carboxylic acid groups (broad SMARTS) is 2. The molecule has 0 saturated carbocycles. The van der Waals surface area contributed by atoms with Crippen LogP contribution >= 0.6 is 14.5 Å². The third-order valence-electron chi connectivity index (χ3n) is 17.1. The SMILES string of the molecule is CCCCCCCCCCCCCCCC[PH](CCCC)(CCCC)CCCC.CCCCCCCCCCCCCCCC[PH](CCCC)(CCCC)CCCC.O=C(O)c1ccc([S+]([O-])c2ccc(C(=O)O)cc2)cc1. The van der Waals surface area contributed by atoms with Crippen molar-refractivity contribution >= 4 is 37.6 Å². The molecule has 0 aliphatic heterocycles. The summed E-state index contributed by atoms with van der Waals surface area (Å²) in [6, 6.07) is 11.4. The maximum atomic E-state index is 12.2. The molecule has 0 radical (unpaired) electrons. The molecule has 8 heteroatoms.